The molecule has 4 aromatic carbocycles. The van der Waals surface area contributed by atoms with Gasteiger partial charge in [0.25, 0.3) is 5.69 Å². The zero-order valence-electron chi connectivity index (χ0n) is 21.4. The highest BCUT2D eigenvalue weighted by Gasteiger charge is 2.31. The van der Waals surface area contributed by atoms with Crippen molar-refractivity contribution >= 4 is 11.7 Å². The summed E-state index contributed by atoms with van der Waals surface area (Å²) in [6.45, 7) is 2.45. The van der Waals surface area contributed by atoms with Gasteiger partial charge in [-0.1, -0.05) is 54.1 Å². The monoisotopic (exact) mass is 533 g/mol. The summed E-state index contributed by atoms with van der Waals surface area (Å²) in [5.74, 6) is -0.176. The summed E-state index contributed by atoms with van der Waals surface area (Å²) in [4.78, 5) is 23.1. The van der Waals surface area contributed by atoms with Gasteiger partial charge in [-0.15, -0.1) is 0 Å². The number of nitro benzene ring substituents is 1. The lowest BCUT2D eigenvalue weighted by Gasteiger charge is -2.26. The Hall–Kier alpha value is -5.62. The largest absolute Gasteiger partial charge is 0.489 e. The van der Waals surface area contributed by atoms with Crippen molar-refractivity contribution in [1.29, 1.82) is 5.26 Å². The van der Waals surface area contributed by atoms with E-state index in [-0.39, 0.29) is 28.5 Å². The minimum Gasteiger partial charge on any atom is -0.489 e. The molecule has 198 valence electrons. The van der Waals surface area contributed by atoms with Gasteiger partial charge in [0.15, 0.2) is 0 Å². The number of fused-ring (bicyclic) bond motifs is 1. The van der Waals surface area contributed by atoms with E-state index < -0.39 is 16.8 Å². The number of esters is 1. The van der Waals surface area contributed by atoms with Crippen molar-refractivity contribution in [3.8, 4) is 23.3 Å². The Morgan fingerprint density at radius 2 is 1.75 bits per heavy atom. The molecule has 40 heavy (non-hydrogen) atoms. The molecule has 5 rings (SSSR count). The molecular weight excluding hydrogens is 510 g/mol. The molecule has 1 aliphatic rings. The van der Waals surface area contributed by atoms with Gasteiger partial charge in [0.05, 0.1) is 16.4 Å². The first kappa shape index (κ1) is 26.0. The number of carbonyl (C=O) groups excluding carboxylic acids is 1. The van der Waals surface area contributed by atoms with E-state index in [0.29, 0.717) is 23.7 Å². The second-order valence-corrected chi connectivity index (χ2v) is 9.16. The van der Waals surface area contributed by atoms with Crippen LogP contribution in [0.2, 0.25) is 0 Å². The Balaban J connectivity index is 1.37. The third kappa shape index (κ3) is 5.47. The van der Waals surface area contributed by atoms with Crippen LogP contribution in [0.4, 0.5) is 5.69 Å². The van der Waals surface area contributed by atoms with Gasteiger partial charge in [-0.25, -0.2) is 4.79 Å². The molecule has 0 spiro atoms. The summed E-state index contributed by atoms with van der Waals surface area (Å²) in [6, 6.07) is 27.7. The lowest BCUT2D eigenvalue weighted by Crippen LogP contribution is -2.21. The molecule has 0 saturated heterocycles. The molecule has 0 aliphatic carbocycles. The molecule has 2 N–H and O–H groups in total. The topological polar surface area (TPSA) is 138 Å². The molecule has 0 bridgehead atoms. The first-order chi connectivity index (χ1) is 19.3. The lowest BCUT2D eigenvalue weighted by molar-refractivity contribution is -0.384. The van der Waals surface area contributed by atoms with Gasteiger partial charge in [-0.3, -0.25) is 10.1 Å². The van der Waals surface area contributed by atoms with Gasteiger partial charge in [0, 0.05) is 23.8 Å². The first-order valence-electron chi connectivity index (χ1n) is 12.3. The minimum absolute atomic E-state index is 0.0292. The number of ether oxygens (including phenoxy) is 3. The Bertz CT molecular complexity index is 1670. The summed E-state index contributed by atoms with van der Waals surface area (Å²) >= 11 is 0. The number of benzene rings is 4. The molecule has 0 radical (unpaired) electrons. The molecular formula is C31H23N3O6. The van der Waals surface area contributed by atoms with Crippen LogP contribution in [0.15, 0.2) is 102 Å². The van der Waals surface area contributed by atoms with Gasteiger partial charge in [-0.2, -0.15) is 5.26 Å². The predicted molar refractivity (Wildman–Crippen MR) is 146 cm³/mol. The second-order valence-electron chi connectivity index (χ2n) is 9.16. The van der Waals surface area contributed by atoms with Crippen LogP contribution in [0.25, 0.3) is 0 Å². The van der Waals surface area contributed by atoms with Crippen LogP contribution in [-0.2, 0) is 6.61 Å². The van der Waals surface area contributed by atoms with E-state index in [0.717, 1.165) is 17.2 Å². The number of allylic oxidation sites excluding steroid dienone is 1. The molecule has 0 amide bonds. The number of nitrogens with zero attached hydrogens (tertiary/aromatic N) is 2. The summed E-state index contributed by atoms with van der Waals surface area (Å²) in [5.41, 5.74) is 9.86. The number of nitrogens with two attached hydrogens (primary N) is 1. The van der Waals surface area contributed by atoms with Crippen molar-refractivity contribution in [1.82, 2.24) is 0 Å². The molecule has 9 heteroatoms. The minimum atomic E-state index is -0.765. The summed E-state index contributed by atoms with van der Waals surface area (Å²) < 4.78 is 17.1. The molecule has 0 fully saturated rings. The van der Waals surface area contributed by atoms with Crippen molar-refractivity contribution in [2.45, 2.75) is 19.4 Å². The van der Waals surface area contributed by atoms with Crippen LogP contribution >= 0.6 is 0 Å². The quantitative estimate of drug-likeness (QED) is 0.134. The molecule has 1 atom stereocenters. The molecule has 1 unspecified atom stereocenters. The lowest BCUT2D eigenvalue weighted by atomic mass is 9.83. The maximum Gasteiger partial charge on any atom is 0.343 e. The zero-order valence-corrected chi connectivity index (χ0v) is 21.4. The van der Waals surface area contributed by atoms with Crippen molar-refractivity contribution in [3.05, 3.63) is 140 Å². The highest BCUT2D eigenvalue weighted by molar-refractivity contribution is 5.91. The Morgan fingerprint density at radius 1 is 1.02 bits per heavy atom. The number of aryl methyl sites for hydroxylation is 1. The number of nitriles is 1. The molecule has 0 saturated carbocycles. The standard InChI is InChI=1S/C31H23N3O6/c1-19-5-7-20(8-6-19)18-38-24-11-9-21(10-12-24)29-26-14-13-25(16-28(26)40-30(33)27(29)17-32)39-31(35)22-3-2-4-23(15-22)34(36)37/h2-16,29H,18,33H2,1H3. The normalized spacial score (nSPS) is 13.9. The second kappa shape index (κ2) is 11.0. The summed E-state index contributed by atoms with van der Waals surface area (Å²) in [6.07, 6.45) is 0. The van der Waals surface area contributed by atoms with E-state index in [2.05, 4.69) is 6.07 Å². The third-order valence-electron chi connectivity index (χ3n) is 6.43. The van der Waals surface area contributed by atoms with Crippen molar-refractivity contribution in [2.24, 2.45) is 5.73 Å². The number of hydrogen-bond acceptors (Lipinski definition) is 8. The molecule has 1 aliphatic heterocycles. The average Bonchev–Trinajstić information content (AvgIpc) is 2.96. The van der Waals surface area contributed by atoms with Crippen LogP contribution in [0.3, 0.4) is 0 Å². The van der Waals surface area contributed by atoms with Gasteiger partial charge >= 0.3 is 5.97 Å². The fourth-order valence-electron chi connectivity index (χ4n) is 4.36. The van der Waals surface area contributed by atoms with E-state index in [9.17, 15) is 20.2 Å². The van der Waals surface area contributed by atoms with Crippen LogP contribution in [0.5, 0.6) is 17.2 Å². The molecule has 9 nitrogen and oxygen atoms in total. The number of non-ortho nitro benzene ring substituents is 1. The Kier molecular flexibility index (Phi) is 7.16. The van der Waals surface area contributed by atoms with Gasteiger partial charge < -0.3 is 19.9 Å². The van der Waals surface area contributed by atoms with Crippen molar-refractivity contribution < 1.29 is 23.9 Å². The fourth-order valence-corrected chi connectivity index (χ4v) is 4.36. The average molecular weight is 534 g/mol. The van der Waals surface area contributed by atoms with E-state index in [1.165, 1.54) is 29.8 Å². The van der Waals surface area contributed by atoms with E-state index in [4.69, 9.17) is 19.9 Å². The zero-order chi connectivity index (χ0) is 28.2. The maximum atomic E-state index is 12.6. The number of hydrogen-bond donors (Lipinski definition) is 1. The number of rotatable bonds is 7. The smallest absolute Gasteiger partial charge is 0.343 e. The maximum absolute atomic E-state index is 12.6. The summed E-state index contributed by atoms with van der Waals surface area (Å²) in [7, 11) is 0. The van der Waals surface area contributed by atoms with Crippen LogP contribution in [0, 0.1) is 28.4 Å². The fraction of sp³-hybridized carbons (Fsp3) is 0.0968. The number of carbonyl (C=O) groups is 1. The van der Waals surface area contributed by atoms with Crippen molar-refractivity contribution in [3.63, 3.8) is 0 Å². The Labute approximate surface area is 229 Å². The molecule has 4 aromatic rings. The van der Waals surface area contributed by atoms with Crippen LogP contribution in [0.1, 0.15) is 38.5 Å². The SMILES string of the molecule is Cc1ccc(COc2ccc(C3C(C#N)=C(N)Oc4cc(OC(=O)c5cccc([N+](=O)[O-])c5)ccc43)cc2)cc1. The van der Waals surface area contributed by atoms with E-state index in [1.807, 2.05) is 55.5 Å². The van der Waals surface area contributed by atoms with Gasteiger partial charge in [0.2, 0.25) is 5.88 Å². The van der Waals surface area contributed by atoms with Gasteiger partial charge in [-0.05, 0) is 42.3 Å². The molecule has 0 aromatic heterocycles. The molecule has 1 heterocycles. The van der Waals surface area contributed by atoms with E-state index >= 15 is 0 Å². The first-order valence-corrected chi connectivity index (χ1v) is 12.3. The van der Waals surface area contributed by atoms with Gasteiger partial charge in [0.1, 0.15) is 35.5 Å². The highest BCUT2D eigenvalue weighted by atomic mass is 16.6. The van der Waals surface area contributed by atoms with E-state index in [1.54, 1.807) is 12.1 Å². The van der Waals surface area contributed by atoms with Crippen LogP contribution < -0.4 is 19.9 Å². The third-order valence-corrected chi connectivity index (χ3v) is 6.43. The highest BCUT2D eigenvalue weighted by Crippen LogP contribution is 2.43. The predicted octanol–water partition coefficient (Wildman–Crippen LogP) is 5.92. The van der Waals surface area contributed by atoms with Crippen LogP contribution in [-0.4, -0.2) is 10.9 Å². The number of nitro groups is 1. The van der Waals surface area contributed by atoms with Crippen molar-refractivity contribution in [2.75, 3.05) is 0 Å². The summed E-state index contributed by atoms with van der Waals surface area (Å²) in [5, 5.41) is 20.9. The Morgan fingerprint density at radius 3 is 2.45 bits per heavy atom.